The maximum Gasteiger partial charge on any atom is 0.673 e. The minimum atomic E-state index is -6.00. The molecular weight excluding hydrogens is 456 g/mol. The van der Waals surface area contributed by atoms with Gasteiger partial charge >= 0.3 is 13.1 Å². The molecule has 0 fully saturated rings. The molecule has 2 aromatic carbocycles. The van der Waals surface area contributed by atoms with Crippen LogP contribution in [0, 0.1) is 29.1 Å². The first-order chi connectivity index (χ1) is 15.0. The number of fused-ring (bicyclic) bond motifs is 5. The van der Waals surface area contributed by atoms with Crippen molar-refractivity contribution in [2.75, 3.05) is 0 Å². The van der Waals surface area contributed by atoms with Crippen LogP contribution in [0.3, 0.4) is 0 Å². The molecule has 170 valence electrons. The lowest BCUT2D eigenvalue weighted by Gasteiger charge is -2.23. The quantitative estimate of drug-likeness (QED) is 0.177. The fourth-order valence-corrected chi connectivity index (χ4v) is 3.82. The second-order valence-corrected chi connectivity index (χ2v) is 6.99. The largest absolute Gasteiger partial charge is 0.673 e. The van der Waals surface area contributed by atoms with Crippen LogP contribution >= 0.6 is 0 Å². The van der Waals surface area contributed by atoms with E-state index in [-0.39, 0.29) is 18.8 Å². The van der Waals surface area contributed by atoms with Crippen molar-refractivity contribution < 1.29 is 48.5 Å². The highest BCUT2D eigenvalue weighted by atomic mass is 19.5. The van der Waals surface area contributed by atoms with Crippen LogP contribution in [0.4, 0.5) is 39.2 Å². The molecule has 0 bridgehead atoms. The summed E-state index contributed by atoms with van der Waals surface area (Å²) >= 11 is 0. The Morgan fingerprint density at radius 1 is 0.906 bits per heavy atom. The van der Waals surface area contributed by atoms with Crippen molar-refractivity contribution in [3.8, 4) is 5.69 Å². The standard InChI is InChI=1S/C18H11F5N3O.BF4/c19-12-13(20)15(22)18(16(23)14(12)21)26-7-25-11(24-26)6-27-10-5-8-3-1-2-4-9(8)17(10)25;2-1(3,4)5/h1-4,7,10,17H,5-6H2;/q+1;-1. The number of aromatic nitrogens is 3. The number of benzene rings is 2. The van der Waals surface area contributed by atoms with Gasteiger partial charge in [0.2, 0.25) is 41.1 Å². The monoisotopic (exact) mass is 467 g/mol. The van der Waals surface area contributed by atoms with E-state index in [0.29, 0.717) is 16.9 Å². The predicted molar refractivity (Wildman–Crippen MR) is 90.6 cm³/mol. The van der Waals surface area contributed by atoms with Crippen molar-refractivity contribution >= 4 is 7.25 Å². The van der Waals surface area contributed by atoms with E-state index in [1.807, 2.05) is 24.3 Å². The topological polar surface area (TPSA) is 30.9 Å². The zero-order chi connectivity index (χ0) is 23.4. The van der Waals surface area contributed by atoms with Crippen LogP contribution in [0.15, 0.2) is 30.6 Å². The summed E-state index contributed by atoms with van der Waals surface area (Å²) in [5.74, 6) is -9.76. The molecule has 0 amide bonds. The molecule has 5 rings (SSSR count). The van der Waals surface area contributed by atoms with Crippen molar-refractivity contribution in [2.24, 2.45) is 0 Å². The fraction of sp³-hybridized carbons (Fsp3) is 0.222. The highest BCUT2D eigenvalue weighted by Crippen LogP contribution is 2.36. The van der Waals surface area contributed by atoms with Gasteiger partial charge in [0.25, 0.3) is 0 Å². The Balaban J connectivity index is 0.000000444. The number of halogens is 9. The normalized spacial score (nSPS) is 19.0. The Morgan fingerprint density at radius 3 is 2.09 bits per heavy atom. The SMILES string of the molecule is F[B-](F)(F)F.Fc1c(F)c(F)c(-n2c[n+]3c(n2)COC2Cc4ccccc4C23)c(F)c1F. The zero-order valence-corrected chi connectivity index (χ0v) is 15.7. The van der Waals surface area contributed by atoms with Crippen molar-refractivity contribution in [3.63, 3.8) is 0 Å². The Bertz CT molecular complexity index is 1160. The van der Waals surface area contributed by atoms with Crippen molar-refractivity contribution in [1.29, 1.82) is 0 Å². The summed E-state index contributed by atoms with van der Waals surface area (Å²) in [5, 5.41) is 4.01. The molecule has 0 radical (unpaired) electrons. The van der Waals surface area contributed by atoms with Gasteiger partial charge < -0.3 is 22.0 Å². The molecule has 2 atom stereocenters. The Morgan fingerprint density at radius 2 is 1.47 bits per heavy atom. The molecule has 3 aromatic rings. The molecule has 1 aliphatic heterocycles. The summed E-state index contributed by atoms with van der Waals surface area (Å²) in [6.45, 7) is 0.0670. The second-order valence-electron chi connectivity index (χ2n) is 6.99. The predicted octanol–water partition coefficient (Wildman–Crippen LogP) is 4.20. The molecule has 0 saturated heterocycles. The summed E-state index contributed by atoms with van der Waals surface area (Å²) in [4.78, 5) is 0. The molecule has 0 N–H and O–H groups in total. The van der Waals surface area contributed by atoms with Crippen molar-refractivity contribution in [3.05, 3.63) is 76.6 Å². The summed E-state index contributed by atoms with van der Waals surface area (Å²) in [5.41, 5.74) is 0.943. The smallest absolute Gasteiger partial charge is 0.418 e. The van der Waals surface area contributed by atoms with E-state index in [2.05, 4.69) is 5.10 Å². The van der Waals surface area contributed by atoms with Crippen LogP contribution in [0.1, 0.15) is 23.0 Å². The third kappa shape index (κ3) is 3.83. The minimum Gasteiger partial charge on any atom is -0.418 e. The lowest BCUT2D eigenvalue weighted by atomic mass is 10.1. The van der Waals surface area contributed by atoms with Gasteiger partial charge in [-0.25, -0.2) is 17.7 Å². The number of hydrogen-bond donors (Lipinski definition) is 0. The third-order valence-electron chi connectivity index (χ3n) is 5.04. The first kappa shape index (κ1) is 22.2. The third-order valence-corrected chi connectivity index (χ3v) is 5.04. The van der Waals surface area contributed by atoms with Crippen molar-refractivity contribution in [2.45, 2.75) is 25.2 Å². The average molecular weight is 467 g/mol. The molecule has 1 aliphatic carbocycles. The number of nitrogens with zero attached hydrogens (tertiary/aromatic N) is 3. The minimum absolute atomic E-state index is 0.0670. The fourth-order valence-electron chi connectivity index (χ4n) is 3.82. The highest BCUT2D eigenvalue weighted by Gasteiger charge is 2.44. The van der Waals surface area contributed by atoms with E-state index in [0.717, 1.165) is 11.1 Å². The van der Waals surface area contributed by atoms with Crippen molar-refractivity contribution in [1.82, 2.24) is 9.78 Å². The Hall–Kier alpha value is -3.03. The van der Waals surface area contributed by atoms with Gasteiger partial charge in [-0.1, -0.05) is 28.9 Å². The molecule has 0 spiro atoms. The van der Waals surface area contributed by atoms with Gasteiger partial charge in [-0.3, -0.25) is 0 Å². The first-order valence-corrected chi connectivity index (χ1v) is 9.05. The van der Waals surface area contributed by atoms with Crippen LogP contribution in [0.5, 0.6) is 0 Å². The molecule has 2 aliphatic rings. The Labute approximate surface area is 173 Å². The van der Waals surface area contributed by atoms with Gasteiger partial charge in [0, 0.05) is 11.5 Å². The van der Waals surface area contributed by atoms with Crippen LogP contribution in [0.2, 0.25) is 0 Å². The highest BCUT2D eigenvalue weighted by molar-refractivity contribution is 6.50. The lowest BCUT2D eigenvalue weighted by Crippen LogP contribution is -2.51. The molecule has 2 heterocycles. The Kier molecular flexibility index (Phi) is 5.43. The summed E-state index contributed by atoms with van der Waals surface area (Å²) in [6, 6.07) is 7.37. The van der Waals surface area contributed by atoms with E-state index in [1.54, 1.807) is 4.57 Å². The van der Waals surface area contributed by atoms with E-state index in [4.69, 9.17) is 4.74 Å². The van der Waals surface area contributed by atoms with Crippen LogP contribution in [0.25, 0.3) is 5.69 Å². The van der Waals surface area contributed by atoms with Crippen LogP contribution in [-0.2, 0) is 17.8 Å². The van der Waals surface area contributed by atoms with Gasteiger partial charge in [0.05, 0.1) is 0 Å². The summed E-state index contributed by atoms with van der Waals surface area (Å²) in [6.07, 6.45) is 1.73. The van der Waals surface area contributed by atoms with E-state index in [9.17, 15) is 39.2 Å². The maximum absolute atomic E-state index is 14.1. The summed E-state index contributed by atoms with van der Waals surface area (Å²) in [7, 11) is -6.00. The second kappa shape index (κ2) is 7.83. The lowest BCUT2D eigenvalue weighted by molar-refractivity contribution is -0.739. The number of ether oxygens (including phenoxy) is 1. The number of rotatable bonds is 1. The van der Waals surface area contributed by atoms with Gasteiger partial charge in [-0.05, 0) is 11.1 Å². The van der Waals surface area contributed by atoms with Gasteiger partial charge in [-0.15, -0.1) is 0 Å². The molecule has 14 heteroatoms. The molecule has 4 nitrogen and oxygen atoms in total. The van der Waals surface area contributed by atoms with E-state index >= 15 is 0 Å². The molecule has 2 unspecified atom stereocenters. The molecule has 32 heavy (non-hydrogen) atoms. The van der Waals surface area contributed by atoms with Gasteiger partial charge in [0.15, 0.2) is 0 Å². The maximum atomic E-state index is 14.1. The first-order valence-electron chi connectivity index (χ1n) is 9.05. The van der Waals surface area contributed by atoms with Gasteiger partial charge in [0.1, 0.15) is 18.8 Å². The zero-order valence-electron chi connectivity index (χ0n) is 15.7. The molecule has 0 saturated carbocycles. The molecule has 1 aromatic heterocycles. The van der Waals surface area contributed by atoms with E-state index < -0.39 is 42.0 Å². The summed E-state index contributed by atoms with van der Waals surface area (Å²) < 4.78 is 116. The molecular formula is C18H11BF9N3O. The van der Waals surface area contributed by atoms with E-state index in [1.165, 1.54) is 6.33 Å². The van der Waals surface area contributed by atoms with Gasteiger partial charge in [-0.2, -0.15) is 8.78 Å². The average Bonchev–Trinajstić information content (AvgIpc) is 3.30. The van der Waals surface area contributed by atoms with Crippen LogP contribution in [-0.4, -0.2) is 23.1 Å². The van der Waals surface area contributed by atoms with Crippen LogP contribution < -0.4 is 4.57 Å². The number of hydrogen-bond acceptors (Lipinski definition) is 2.